The third-order valence-corrected chi connectivity index (χ3v) is 6.28. The third kappa shape index (κ3) is 5.51. The Labute approximate surface area is 202 Å². The summed E-state index contributed by atoms with van der Waals surface area (Å²) < 4.78 is 13.0. The molecule has 0 radical (unpaired) electrons. The summed E-state index contributed by atoms with van der Waals surface area (Å²) in [7, 11) is 0. The van der Waals surface area contributed by atoms with E-state index in [0.29, 0.717) is 13.2 Å². The summed E-state index contributed by atoms with van der Waals surface area (Å²) in [4.78, 5) is 38.5. The van der Waals surface area contributed by atoms with Gasteiger partial charge in [-0.1, -0.05) is 49.7 Å². The lowest BCUT2D eigenvalue weighted by Crippen LogP contribution is -2.34. The van der Waals surface area contributed by atoms with Crippen LogP contribution in [-0.4, -0.2) is 46.3 Å². The van der Waals surface area contributed by atoms with Crippen molar-refractivity contribution in [1.29, 1.82) is 0 Å². The van der Waals surface area contributed by atoms with Gasteiger partial charge < -0.3 is 14.0 Å². The van der Waals surface area contributed by atoms with Crippen molar-refractivity contribution >= 4 is 45.9 Å². The maximum Gasteiger partial charge on any atom is 0.326 e. The lowest BCUT2D eigenvalue weighted by atomic mass is 10.1. The molecule has 4 rings (SSSR count). The molecule has 0 bridgehead atoms. The number of benzene rings is 2. The number of rotatable bonds is 10. The number of hydrogen-bond donors (Lipinski definition) is 0. The number of nitrogens with zero attached hydrogens (tertiary/aromatic N) is 2. The van der Waals surface area contributed by atoms with Crippen LogP contribution < -0.4 is 4.74 Å². The Morgan fingerprint density at radius 3 is 2.59 bits per heavy atom. The van der Waals surface area contributed by atoms with E-state index in [1.807, 2.05) is 67.7 Å². The van der Waals surface area contributed by atoms with E-state index in [1.54, 1.807) is 6.08 Å². The highest BCUT2D eigenvalue weighted by Crippen LogP contribution is 2.34. The molecule has 176 valence electrons. The van der Waals surface area contributed by atoms with Gasteiger partial charge in [0.1, 0.15) is 18.9 Å². The maximum atomic E-state index is 12.8. The Balaban J connectivity index is 1.49. The lowest BCUT2D eigenvalue weighted by molar-refractivity contribution is -0.146. The van der Waals surface area contributed by atoms with Crippen LogP contribution in [0.4, 0.5) is 4.79 Å². The zero-order valence-corrected chi connectivity index (χ0v) is 19.8. The van der Waals surface area contributed by atoms with Crippen LogP contribution in [0.5, 0.6) is 5.75 Å². The summed E-state index contributed by atoms with van der Waals surface area (Å²) >= 11 is 0.837. The quantitative estimate of drug-likeness (QED) is 0.229. The van der Waals surface area contributed by atoms with E-state index >= 15 is 0 Å². The summed E-state index contributed by atoms with van der Waals surface area (Å²) in [6.07, 6.45) is 5.30. The van der Waals surface area contributed by atoms with E-state index in [-0.39, 0.29) is 18.1 Å². The second-order valence-corrected chi connectivity index (χ2v) is 8.79. The van der Waals surface area contributed by atoms with Crippen LogP contribution >= 0.6 is 11.8 Å². The highest BCUT2D eigenvalue weighted by molar-refractivity contribution is 8.18. The van der Waals surface area contributed by atoms with Crippen LogP contribution in [0.2, 0.25) is 0 Å². The van der Waals surface area contributed by atoms with Crippen molar-refractivity contribution in [2.24, 2.45) is 0 Å². The van der Waals surface area contributed by atoms with Gasteiger partial charge in [-0.3, -0.25) is 19.3 Å². The molecule has 2 aromatic carbocycles. The van der Waals surface area contributed by atoms with Crippen molar-refractivity contribution < 1.29 is 23.9 Å². The Morgan fingerprint density at radius 2 is 1.79 bits per heavy atom. The third-order valence-electron chi connectivity index (χ3n) is 5.37. The molecule has 3 aromatic rings. The minimum absolute atomic E-state index is 0.287. The number of unbranched alkanes of at least 4 members (excludes halogenated alkanes) is 1. The van der Waals surface area contributed by atoms with Crippen molar-refractivity contribution in [2.75, 3.05) is 19.8 Å². The van der Waals surface area contributed by atoms with E-state index in [1.165, 1.54) is 0 Å². The van der Waals surface area contributed by atoms with Crippen LogP contribution in [0.1, 0.15) is 25.3 Å². The highest BCUT2D eigenvalue weighted by Gasteiger charge is 2.36. The first kappa shape index (κ1) is 23.6. The Hall–Kier alpha value is -3.52. The minimum Gasteiger partial charge on any atom is -0.492 e. The largest absolute Gasteiger partial charge is 0.492 e. The van der Waals surface area contributed by atoms with Gasteiger partial charge in [0, 0.05) is 22.7 Å². The fourth-order valence-corrected chi connectivity index (χ4v) is 4.47. The first-order valence-electron chi connectivity index (χ1n) is 11.2. The second kappa shape index (κ2) is 11.1. The standard InChI is InChI=1S/C26H26N2O5S/c1-2-3-14-33-24(29)18-28-25(30)23(34-26(28)31)16-19-17-27(22-12-8-7-11-21(19)22)13-15-32-20-9-5-4-6-10-20/h4-12,16-17H,2-3,13-15,18H2,1H3/b23-16-. The van der Waals surface area contributed by atoms with Gasteiger partial charge in [-0.05, 0) is 42.5 Å². The minimum atomic E-state index is -0.577. The normalized spacial score (nSPS) is 14.9. The maximum absolute atomic E-state index is 12.8. The smallest absolute Gasteiger partial charge is 0.326 e. The summed E-state index contributed by atoms with van der Waals surface area (Å²) in [6, 6.07) is 17.5. The molecule has 1 aromatic heterocycles. The van der Waals surface area contributed by atoms with Gasteiger partial charge >= 0.3 is 5.97 Å². The van der Waals surface area contributed by atoms with Gasteiger partial charge in [0.15, 0.2) is 0 Å². The Kier molecular flexibility index (Phi) is 7.69. The van der Waals surface area contributed by atoms with Gasteiger partial charge in [-0.15, -0.1) is 0 Å². The SMILES string of the molecule is CCCCOC(=O)CN1C(=O)S/C(=C\c2cn(CCOc3ccccc3)c3ccccc23)C1=O. The fourth-order valence-electron chi connectivity index (χ4n) is 3.64. The number of para-hydroxylation sites is 2. The second-order valence-electron chi connectivity index (χ2n) is 7.80. The molecule has 1 aliphatic rings. The van der Waals surface area contributed by atoms with E-state index in [9.17, 15) is 14.4 Å². The predicted molar refractivity (Wildman–Crippen MR) is 132 cm³/mol. The number of imide groups is 1. The molecule has 0 N–H and O–H groups in total. The monoisotopic (exact) mass is 478 g/mol. The highest BCUT2D eigenvalue weighted by atomic mass is 32.2. The van der Waals surface area contributed by atoms with Crippen LogP contribution in [0, 0.1) is 0 Å². The molecule has 1 aliphatic heterocycles. The van der Waals surface area contributed by atoms with Gasteiger partial charge in [-0.2, -0.15) is 0 Å². The first-order valence-corrected chi connectivity index (χ1v) is 12.0. The van der Waals surface area contributed by atoms with Gasteiger partial charge in [-0.25, -0.2) is 0 Å². The molecule has 2 amide bonds. The summed E-state index contributed by atoms with van der Waals surface area (Å²) in [5.74, 6) is -0.250. The summed E-state index contributed by atoms with van der Waals surface area (Å²) in [6.45, 7) is 3.01. The fraction of sp³-hybridized carbons (Fsp3) is 0.269. The molecule has 0 atom stereocenters. The molecule has 34 heavy (non-hydrogen) atoms. The molecule has 0 aliphatic carbocycles. The molecule has 2 heterocycles. The molecular weight excluding hydrogens is 452 g/mol. The molecule has 1 fully saturated rings. The predicted octanol–water partition coefficient (Wildman–Crippen LogP) is 5.10. The average molecular weight is 479 g/mol. The molecule has 1 saturated heterocycles. The number of carbonyl (C=O) groups excluding carboxylic acids is 3. The molecule has 0 saturated carbocycles. The molecule has 8 heteroatoms. The number of aromatic nitrogens is 1. The average Bonchev–Trinajstić information content (AvgIpc) is 3.32. The zero-order chi connectivity index (χ0) is 23.9. The summed E-state index contributed by atoms with van der Waals surface area (Å²) in [5, 5.41) is 0.497. The van der Waals surface area contributed by atoms with Crippen molar-refractivity contribution in [2.45, 2.75) is 26.3 Å². The number of hydrogen-bond acceptors (Lipinski definition) is 6. The van der Waals surface area contributed by atoms with Gasteiger partial charge in [0.2, 0.25) is 0 Å². The first-order chi connectivity index (χ1) is 16.6. The van der Waals surface area contributed by atoms with E-state index in [0.717, 1.165) is 51.7 Å². The number of esters is 1. The molecule has 0 spiro atoms. The topological polar surface area (TPSA) is 77.8 Å². The van der Waals surface area contributed by atoms with Crippen molar-refractivity contribution in [3.63, 3.8) is 0 Å². The number of thioether (sulfide) groups is 1. The lowest BCUT2D eigenvalue weighted by Gasteiger charge is -2.11. The van der Waals surface area contributed by atoms with Gasteiger partial charge in [0.25, 0.3) is 11.1 Å². The number of ether oxygens (including phenoxy) is 2. The number of amides is 2. The summed E-state index contributed by atoms with van der Waals surface area (Å²) in [5.41, 5.74) is 1.83. The van der Waals surface area contributed by atoms with Gasteiger partial charge in [0.05, 0.1) is 18.1 Å². The van der Waals surface area contributed by atoms with E-state index in [4.69, 9.17) is 9.47 Å². The molecule has 7 nitrogen and oxygen atoms in total. The zero-order valence-electron chi connectivity index (χ0n) is 18.9. The van der Waals surface area contributed by atoms with E-state index in [2.05, 4.69) is 4.57 Å². The van der Waals surface area contributed by atoms with E-state index < -0.39 is 17.1 Å². The van der Waals surface area contributed by atoms with Crippen LogP contribution in [0.25, 0.3) is 17.0 Å². The number of carbonyl (C=O) groups is 3. The number of fused-ring (bicyclic) bond motifs is 1. The van der Waals surface area contributed by atoms with Crippen molar-refractivity contribution in [3.8, 4) is 5.75 Å². The van der Waals surface area contributed by atoms with Crippen molar-refractivity contribution in [1.82, 2.24) is 9.47 Å². The van der Waals surface area contributed by atoms with Crippen LogP contribution in [0.15, 0.2) is 65.7 Å². The van der Waals surface area contributed by atoms with Crippen LogP contribution in [-0.2, 0) is 20.9 Å². The molecular formula is C26H26N2O5S. The Bertz CT molecular complexity index is 1220. The Morgan fingerprint density at radius 1 is 1.03 bits per heavy atom. The molecule has 0 unspecified atom stereocenters. The van der Waals surface area contributed by atoms with Crippen LogP contribution in [0.3, 0.4) is 0 Å². The van der Waals surface area contributed by atoms with Crippen molar-refractivity contribution in [3.05, 3.63) is 71.3 Å².